The van der Waals surface area contributed by atoms with Crippen LogP contribution in [0.2, 0.25) is 0 Å². The zero-order valence-electron chi connectivity index (χ0n) is 16.7. The van der Waals surface area contributed by atoms with Crippen LogP contribution >= 0.6 is 11.8 Å². The molecule has 154 valence electrons. The molecule has 0 aliphatic heterocycles. The van der Waals surface area contributed by atoms with Gasteiger partial charge in [0.25, 0.3) is 5.91 Å². The molecule has 6 nitrogen and oxygen atoms in total. The molecular weight excluding hydrogens is 386 g/mol. The van der Waals surface area contributed by atoms with Gasteiger partial charge in [-0.3, -0.25) is 14.4 Å². The summed E-state index contributed by atoms with van der Waals surface area (Å²) in [6, 6.07) is 16.7. The lowest BCUT2D eigenvalue weighted by atomic mass is 10.1. The highest BCUT2D eigenvalue weighted by atomic mass is 32.2. The Labute approximate surface area is 175 Å². The molecule has 0 heterocycles. The molecular formula is C22H27N3O3S. The van der Waals surface area contributed by atoms with Gasteiger partial charge in [-0.2, -0.15) is 0 Å². The number of rotatable bonds is 10. The van der Waals surface area contributed by atoms with Crippen molar-refractivity contribution in [1.29, 1.82) is 0 Å². The van der Waals surface area contributed by atoms with E-state index >= 15 is 0 Å². The number of carbonyl (C=O) groups excluding carboxylic acids is 3. The molecule has 3 N–H and O–H groups in total. The van der Waals surface area contributed by atoms with E-state index in [2.05, 4.69) is 16.0 Å². The first-order valence-corrected chi connectivity index (χ1v) is 10.7. The summed E-state index contributed by atoms with van der Waals surface area (Å²) in [6.07, 6.45) is 0. The van der Waals surface area contributed by atoms with Crippen molar-refractivity contribution >= 4 is 35.2 Å². The average Bonchev–Trinajstić information content (AvgIpc) is 2.72. The van der Waals surface area contributed by atoms with Crippen LogP contribution in [0.3, 0.4) is 0 Å². The normalized spacial score (nSPS) is 10.4. The maximum absolute atomic E-state index is 12.1. The Morgan fingerprint density at radius 3 is 2.21 bits per heavy atom. The van der Waals surface area contributed by atoms with E-state index in [1.165, 1.54) is 5.56 Å². The second kappa shape index (κ2) is 11.9. The van der Waals surface area contributed by atoms with Gasteiger partial charge in [-0.1, -0.05) is 44.2 Å². The molecule has 0 unspecified atom stereocenters. The predicted molar refractivity (Wildman–Crippen MR) is 118 cm³/mol. The lowest BCUT2D eigenvalue weighted by Crippen LogP contribution is -2.35. The van der Waals surface area contributed by atoms with Crippen LogP contribution in [0.5, 0.6) is 0 Å². The van der Waals surface area contributed by atoms with E-state index in [0.29, 0.717) is 30.1 Å². The Morgan fingerprint density at radius 2 is 1.55 bits per heavy atom. The van der Waals surface area contributed by atoms with Crippen LogP contribution in [-0.2, 0) is 15.3 Å². The van der Waals surface area contributed by atoms with Gasteiger partial charge >= 0.3 is 0 Å². The molecule has 0 fully saturated rings. The van der Waals surface area contributed by atoms with Gasteiger partial charge in [0.2, 0.25) is 11.8 Å². The molecule has 29 heavy (non-hydrogen) atoms. The molecule has 0 bridgehead atoms. The highest BCUT2D eigenvalue weighted by Crippen LogP contribution is 2.12. The summed E-state index contributed by atoms with van der Waals surface area (Å²) in [7, 11) is 0. The molecule has 3 amide bonds. The average molecular weight is 414 g/mol. The van der Waals surface area contributed by atoms with Crippen LogP contribution in [0, 0.1) is 5.92 Å². The standard InChI is InChI=1S/C22H27N3O3S/c1-16(2)21(27)25-19-10-8-18(9-11-19)22(28)24-13-12-23-20(26)15-29-14-17-6-4-3-5-7-17/h3-11,16H,12-15H2,1-2H3,(H,23,26)(H,24,28)(H,25,27). The fourth-order valence-corrected chi connectivity index (χ4v) is 3.18. The van der Waals surface area contributed by atoms with Gasteiger partial charge in [0.05, 0.1) is 5.75 Å². The van der Waals surface area contributed by atoms with Gasteiger partial charge in [0.1, 0.15) is 0 Å². The number of nitrogens with one attached hydrogen (secondary N) is 3. The monoisotopic (exact) mass is 413 g/mol. The zero-order valence-corrected chi connectivity index (χ0v) is 17.6. The number of amides is 3. The van der Waals surface area contributed by atoms with E-state index in [1.807, 2.05) is 44.2 Å². The van der Waals surface area contributed by atoms with Crippen LogP contribution in [0.25, 0.3) is 0 Å². The molecule has 2 rings (SSSR count). The molecule has 2 aromatic rings. The number of carbonyl (C=O) groups is 3. The highest BCUT2D eigenvalue weighted by molar-refractivity contribution is 7.99. The van der Waals surface area contributed by atoms with Crippen molar-refractivity contribution in [3.63, 3.8) is 0 Å². The molecule has 0 radical (unpaired) electrons. The fourth-order valence-electron chi connectivity index (χ4n) is 2.36. The summed E-state index contributed by atoms with van der Waals surface area (Å²) < 4.78 is 0. The fraction of sp³-hybridized carbons (Fsp3) is 0.318. The Bertz CT molecular complexity index is 808. The maximum Gasteiger partial charge on any atom is 0.251 e. The number of benzene rings is 2. The van der Waals surface area contributed by atoms with Crippen molar-refractivity contribution < 1.29 is 14.4 Å². The molecule has 2 aromatic carbocycles. The van der Waals surface area contributed by atoms with Crippen molar-refractivity contribution in [2.45, 2.75) is 19.6 Å². The Kier molecular flexibility index (Phi) is 9.24. The van der Waals surface area contributed by atoms with Crippen LogP contribution in [0.15, 0.2) is 54.6 Å². The number of anilines is 1. The van der Waals surface area contributed by atoms with Crippen molar-refractivity contribution in [2.24, 2.45) is 5.92 Å². The van der Waals surface area contributed by atoms with Crippen LogP contribution < -0.4 is 16.0 Å². The lowest BCUT2D eigenvalue weighted by Gasteiger charge is -2.09. The van der Waals surface area contributed by atoms with Gasteiger partial charge < -0.3 is 16.0 Å². The topological polar surface area (TPSA) is 87.3 Å². The van der Waals surface area contributed by atoms with E-state index in [1.54, 1.807) is 36.0 Å². The minimum Gasteiger partial charge on any atom is -0.354 e. The summed E-state index contributed by atoms with van der Waals surface area (Å²) in [5.41, 5.74) is 2.34. The minimum absolute atomic E-state index is 0.0505. The molecule has 0 spiro atoms. The quantitative estimate of drug-likeness (QED) is 0.523. The van der Waals surface area contributed by atoms with Gasteiger partial charge in [0, 0.05) is 36.0 Å². The van der Waals surface area contributed by atoms with Gasteiger partial charge in [-0.25, -0.2) is 0 Å². The first-order chi connectivity index (χ1) is 14.0. The first kappa shape index (κ1) is 22.5. The molecule has 0 atom stereocenters. The molecule has 0 aliphatic rings. The van der Waals surface area contributed by atoms with Crippen LogP contribution in [-0.4, -0.2) is 36.6 Å². The number of thioether (sulfide) groups is 1. The second-order valence-electron chi connectivity index (χ2n) is 6.81. The minimum atomic E-state index is -0.223. The van der Waals surface area contributed by atoms with E-state index < -0.39 is 0 Å². The summed E-state index contributed by atoms with van der Waals surface area (Å²) in [4.78, 5) is 35.7. The Hall–Kier alpha value is -2.80. The largest absolute Gasteiger partial charge is 0.354 e. The van der Waals surface area contributed by atoms with E-state index in [4.69, 9.17) is 0 Å². The summed E-state index contributed by atoms with van der Waals surface area (Å²) in [5.74, 6) is 0.722. The van der Waals surface area contributed by atoms with E-state index in [-0.39, 0.29) is 23.6 Å². The summed E-state index contributed by atoms with van der Waals surface area (Å²) in [6.45, 7) is 4.36. The molecule has 0 saturated carbocycles. The third-order valence-corrected chi connectivity index (χ3v) is 5.02. The SMILES string of the molecule is CC(C)C(=O)Nc1ccc(C(=O)NCCNC(=O)CSCc2ccccc2)cc1. The highest BCUT2D eigenvalue weighted by Gasteiger charge is 2.09. The lowest BCUT2D eigenvalue weighted by molar-refractivity contribution is -0.119. The molecule has 7 heteroatoms. The van der Waals surface area contributed by atoms with Gasteiger partial charge in [-0.05, 0) is 29.8 Å². The third kappa shape index (κ3) is 8.39. The van der Waals surface area contributed by atoms with Crippen molar-refractivity contribution in [2.75, 3.05) is 24.2 Å². The molecule has 0 aliphatic carbocycles. The Balaban J connectivity index is 1.62. The van der Waals surface area contributed by atoms with Gasteiger partial charge in [0.15, 0.2) is 0 Å². The summed E-state index contributed by atoms with van der Waals surface area (Å²) >= 11 is 1.55. The van der Waals surface area contributed by atoms with Gasteiger partial charge in [-0.15, -0.1) is 11.8 Å². The third-order valence-electron chi connectivity index (χ3n) is 4.02. The molecule has 0 aromatic heterocycles. The van der Waals surface area contributed by atoms with Crippen molar-refractivity contribution in [3.05, 3.63) is 65.7 Å². The smallest absolute Gasteiger partial charge is 0.251 e. The van der Waals surface area contributed by atoms with E-state index in [0.717, 1.165) is 5.75 Å². The maximum atomic E-state index is 12.1. The Morgan fingerprint density at radius 1 is 0.897 bits per heavy atom. The van der Waals surface area contributed by atoms with Crippen molar-refractivity contribution in [1.82, 2.24) is 10.6 Å². The van der Waals surface area contributed by atoms with Crippen LogP contribution in [0.4, 0.5) is 5.69 Å². The van der Waals surface area contributed by atoms with Crippen molar-refractivity contribution in [3.8, 4) is 0 Å². The number of hydrogen-bond donors (Lipinski definition) is 3. The summed E-state index contributed by atoms with van der Waals surface area (Å²) in [5, 5.41) is 8.34. The van der Waals surface area contributed by atoms with Crippen LogP contribution in [0.1, 0.15) is 29.8 Å². The predicted octanol–water partition coefficient (Wildman–Crippen LogP) is 3.06. The second-order valence-corrected chi connectivity index (χ2v) is 7.79. The number of hydrogen-bond acceptors (Lipinski definition) is 4. The zero-order chi connectivity index (χ0) is 21.1. The van der Waals surface area contributed by atoms with E-state index in [9.17, 15) is 14.4 Å². The molecule has 0 saturated heterocycles. The first-order valence-electron chi connectivity index (χ1n) is 9.53.